The predicted octanol–water partition coefficient (Wildman–Crippen LogP) is 3.03. The number of imidazole rings is 1. The van der Waals surface area contributed by atoms with Crippen molar-refractivity contribution in [2.75, 3.05) is 0 Å². The number of hydrogen-bond donors (Lipinski definition) is 2. The van der Waals surface area contributed by atoms with Crippen molar-refractivity contribution >= 4 is 23.0 Å². The van der Waals surface area contributed by atoms with E-state index in [0.717, 1.165) is 16.6 Å². The van der Waals surface area contributed by atoms with Gasteiger partial charge in [-0.15, -0.1) is 0 Å². The maximum absolute atomic E-state index is 12.8. The van der Waals surface area contributed by atoms with Gasteiger partial charge in [0.1, 0.15) is 11.6 Å². The quantitative estimate of drug-likeness (QED) is 0.727. The maximum atomic E-state index is 12.8. The second-order valence-electron chi connectivity index (χ2n) is 4.80. The summed E-state index contributed by atoms with van der Waals surface area (Å²) >= 11 is 0. The van der Waals surface area contributed by atoms with Gasteiger partial charge in [-0.25, -0.2) is 9.37 Å². The van der Waals surface area contributed by atoms with Crippen LogP contribution in [0.4, 0.5) is 4.39 Å². The van der Waals surface area contributed by atoms with Crippen molar-refractivity contribution in [3.05, 3.63) is 71.8 Å². The zero-order valence-electron chi connectivity index (χ0n) is 11.7. The molecule has 2 N–H and O–H groups in total. The molecule has 0 fully saturated rings. The number of aromatic amines is 1. The molecule has 110 valence electrons. The summed E-state index contributed by atoms with van der Waals surface area (Å²) in [5.41, 5.74) is 2.57. The number of H-pyrrole nitrogens is 1. The van der Waals surface area contributed by atoms with E-state index in [9.17, 15) is 9.18 Å². The summed E-state index contributed by atoms with van der Waals surface area (Å²) in [6, 6.07) is 13.6. The lowest BCUT2D eigenvalue weighted by molar-refractivity contribution is -0.116. The number of fused-ring (bicyclic) bond motifs is 1. The molecule has 0 aliphatic heterocycles. The highest BCUT2D eigenvalue weighted by molar-refractivity contribution is 5.91. The maximum Gasteiger partial charge on any atom is 0.244 e. The normalized spacial score (nSPS) is 11.1. The molecule has 0 aliphatic carbocycles. The topological polar surface area (TPSA) is 57.8 Å². The molecule has 5 heteroatoms. The van der Waals surface area contributed by atoms with E-state index in [1.165, 1.54) is 18.2 Å². The number of halogens is 1. The van der Waals surface area contributed by atoms with Crippen LogP contribution in [-0.2, 0) is 11.3 Å². The molecule has 1 heterocycles. The van der Waals surface area contributed by atoms with Crippen LogP contribution in [0, 0.1) is 5.82 Å². The number of nitrogens with zero attached hydrogens (tertiary/aromatic N) is 1. The Hall–Kier alpha value is -2.95. The minimum Gasteiger partial charge on any atom is -0.345 e. The van der Waals surface area contributed by atoms with E-state index >= 15 is 0 Å². The standard InChI is InChI=1S/C17H14FN3O/c18-13-8-5-12(6-9-13)7-10-17(22)19-11-16-20-14-3-1-2-4-15(14)21-16/h1-10H,11H2,(H,19,22)(H,20,21). The van der Waals surface area contributed by atoms with Gasteiger partial charge in [0.2, 0.25) is 5.91 Å². The number of hydrogen-bond acceptors (Lipinski definition) is 2. The Morgan fingerprint density at radius 3 is 2.73 bits per heavy atom. The lowest BCUT2D eigenvalue weighted by Gasteiger charge is -1.98. The molecule has 0 radical (unpaired) electrons. The molecule has 0 spiro atoms. The summed E-state index contributed by atoms with van der Waals surface area (Å²) in [5.74, 6) is 0.168. The molecule has 4 nitrogen and oxygen atoms in total. The highest BCUT2D eigenvalue weighted by atomic mass is 19.1. The van der Waals surface area contributed by atoms with Crippen LogP contribution >= 0.6 is 0 Å². The second kappa shape index (κ2) is 6.22. The predicted molar refractivity (Wildman–Crippen MR) is 83.4 cm³/mol. The first-order chi connectivity index (χ1) is 10.7. The van der Waals surface area contributed by atoms with Crippen LogP contribution in [0.25, 0.3) is 17.1 Å². The number of nitrogens with one attached hydrogen (secondary N) is 2. The fourth-order valence-corrected chi connectivity index (χ4v) is 2.06. The Balaban J connectivity index is 1.58. The first kappa shape index (κ1) is 14.0. The van der Waals surface area contributed by atoms with Crippen LogP contribution in [0.3, 0.4) is 0 Å². The molecule has 22 heavy (non-hydrogen) atoms. The molecule has 3 aromatic rings. The van der Waals surface area contributed by atoms with Crippen molar-refractivity contribution in [3.63, 3.8) is 0 Å². The first-order valence-corrected chi connectivity index (χ1v) is 6.86. The Morgan fingerprint density at radius 2 is 1.95 bits per heavy atom. The highest BCUT2D eigenvalue weighted by Gasteiger charge is 2.02. The minimum absolute atomic E-state index is 0.232. The number of benzene rings is 2. The molecule has 0 atom stereocenters. The van der Waals surface area contributed by atoms with Gasteiger partial charge in [0, 0.05) is 6.08 Å². The molecule has 1 aromatic heterocycles. The van der Waals surface area contributed by atoms with Crippen molar-refractivity contribution < 1.29 is 9.18 Å². The number of carbonyl (C=O) groups excluding carboxylic acids is 1. The Morgan fingerprint density at radius 1 is 1.18 bits per heavy atom. The van der Waals surface area contributed by atoms with E-state index in [0.29, 0.717) is 12.4 Å². The monoisotopic (exact) mass is 295 g/mol. The molecular formula is C17H14FN3O. The molecular weight excluding hydrogens is 281 g/mol. The smallest absolute Gasteiger partial charge is 0.244 e. The average Bonchev–Trinajstić information content (AvgIpc) is 2.95. The van der Waals surface area contributed by atoms with Crippen LogP contribution < -0.4 is 5.32 Å². The minimum atomic E-state index is -0.300. The van der Waals surface area contributed by atoms with Gasteiger partial charge in [0.05, 0.1) is 17.6 Å². The Kier molecular flexibility index (Phi) is 3.96. The lowest BCUT2D eigenvalue weighted by atomic mass is 10.2. The van der Waals surface area contributed by atoms with Gasteiger partial charge in [-0.3, -0.25) is 4.79 Å². The van der Waals surface area contributed by atoms with Crippen molar-refractivity contribution in [1.82, 2.24) is 15.3 Å². The van der Waals surface area contributed by atoms with Crippen molar-refractivity contribution in [1.29, 1.82) is 0 Å². The molecule has 0 aliphatic rings. The van der Waals surface area contributed by atoms with E-state index in [4.69, 9.17) is 0 Å². The molecule has 2 aromatic carbocycles. The van der Waals surface area contributed by atoms with Crippen LogP contribution in [0.2, 0.25) is 0 Å². The number of carbonyl (C=O) groups is 1. The van der Waals surface area contributed by atoms with Gasteiger partial charge < -0.3 is 10.3 Å². The summed E-state index contributed by atoms with van der Waals surface area (Å²) in [5, 5.41) is 2.75. The van der Waals surface area contributed by atoms with Crippen molar-refractivity contribution in [3.8, 4) is 0 Å². The first-order valence-electron chi connectivity index (χ1n) is 6.86. The van der Waals surface area contributed by atoms with Gasteiger partial charge in [-0.2, -0.15) is 0 Å². The van der Waals surface area contributed by atoms with Gasteiger partial charge in [-0.1, -0.05) is 24.3 Å². The van der Waals surface area contributed by atoms with Crippen molar-refractivity contribution in [2.45, 2.75) is 6.54 Å². The fraction of sp³-hybridized carbons (Fsp3) is 0.0588. The third-order valence-electron chi connectivity index (χ3n) is 3.17. The van der Waals surface area contributed by atoms with E-state index in [1.807, 2.05) is 24.3 Å². The number of amides is 1. The van der Waals surface area contributed by atoms with Gasteiger partial charge >= 0.3 is 0 Å². The lowest BCUT2D eigenvalue weighted by Crippen LogP contribution is -2.20. The second-order valence-corrected chi connectivity index (χ2v) is 4.80. The van der Waals surface area contributed by atoms with Crippen molar-refractivity contribution in [2.24, 2.45) is 0 Å². The molecule has 0 unspecified atom stereocenters. The molecule has 1 amide bonds. The molecule has 0 bridgehead atoms. The summed E-state index contributed by atoms with van der Waals surface area (Å²) < 4.78 is 12.8. The van der Waals surface area contributed by atoms with Gasteiger partial charge in [0.15, 0.2) is 0 Å². The van der Waals surface area contributed by atoms with Crippen LogP contribution in [0.1, 0.15) is 11.4 Å². The van der Waals surface area contributed by atoms with Crippen LogP contribution in [0.5, 0.6) is 0 Å². The Labute approximate surface area is 126 Å². The number of para-hydroxylation sites is 2. The fourth-order valence-electron chi connectivity index (χ4n) is 2.06. The van der Waals surface area contributed by atoms with E-state index < -0.39 is 0 Å². The number of aromatic nitrogens is 2. The highest BCUT2D eigenvalue weighted by Crippen LogP contribution is 2.10. The van der Waals surface area contributed by atoms with Gasteiger partial charge in [-0.05, 0) is 35.9 Å². The summed E-state index contributed by atoms with van der Waals surface area (Å²) in [6.07, 6.45) is 3.04. The third kappa shape index (κ3) is 3.38. The van der Waals surface area contributed by atoms with E-state index in [-0.39, 0.29) is 11.7 Å². The molecule has 3 rings (SSSR count). The zero-order valence-corrected chi connectivity index (χ0v) is 11.7. The SMILES string of the molecule is O=C(C=Cc1ccc(F)cc1)NCc1nc2ccccc2[nH]1. The third-order valence-corrected chi connectivity index (χ3v) is 3.17. The average molecular weight is 295 g/mol. The van der Waals surface area contributed by atoms with E-state index in [1.54, 1.807) is 18.2 Å². The van der Waals surface area contributed by atoms with Crippen LogP contribution in [0.15, 0.2) is 54.6 Å². The Bertz CT molecular complexity index is 788. The summed E-state index contributed by atoms with van der Waals surface area (Å²) in [6.45, 7) is 0.321. The number of rotatable bonds is 4. The van der Waals surface area contributed by atoms with Crippen LogP contribution in [-0.4, -0.2) is 15.9 Å². The molecule has 0 saturated carbocycles. The van der Waals surface area contributed by atoms with Gasteiger partial charge in [0.25, 0.3) is 0 Å². The van der Waals surface area contributed by atoms with E-state index in [2.05, 4.69) is 15.3 Å². The zero-order chi connectivity index (χ0) is 15.4. The largest absolute Gasteiger partial charge is 0.345 e. The summed E-state index contributed by atoms with van der Waals surface area (Å²) in [7, 11) is 0. The molecule has 0 saturated heterocycles. The summed E-state index contributed by atoms with van der Waals surface area (Å²) in [4.78, 5) is 19.3.